The number of nitrogens with one attached hydrogen (secondary N) is 1. The third-order valence-electron chi connectivity index (χ3n) is 6.65. The van der Waals surface area contributed by atoms with Crippen LogP contribution in [0, 0.1) is 5.41 Å². The van der Waals surface area contributed by atoms with Gasteiger partial charge in [0.05, 0.1) is 11.5 Å². The Morgan fingerprint density at radius 2 is 1.80 bits per heavy atom. The monoisotopic (exact) mass is 516 g/mol. The Labute approximate surface area is 218 Å². The molecule has 1 aliphatic heterocycles. The molecule has 0 aliphatic carbocycles. The summed E-state index contributed by atoms with van der Waals surface area (Å²) in [6.07, 6.45) is 1.75. The Morgan fingerprint density at radius 3 is 2.34 bits per heavy atom. The predicted molar refractivity (Wildman–Crippen MR) is 141 cm³/mol. The van der Waals surface area contributed by atoms with E-state index in [1.165, 1.54) is 0 Å². The molecule has 0 aromatic heterocycles. The van der Waals surface area contributed by atoms with Crippen molar-refractivity contribution in [3.05, 3.63) is 69.7 Å². The minimum Gasteiger partial charge on any atom is -0.350 e. The fourth-order valence-electron chi connectivity index (χ4n) is 5.06. The molecule has 0 bridgehead atoms. The van der Waals surface area contributed by atoms with Gasteiger partial charge in [-0.05, 0) is 69.0 Å². The first-order valence-corrected chi connectivity index (χ1v) is 12.7. The lowest BCUT2D eigenvalue weighted by molar-refractivity contribution is -0.160. The lowest BCUT2D eigenvalue weighted by atomic mass is 9.67. The zero-order valence-corrected chi connectivity index (χ0v) is 22.5. The molecule has 1 unspecified atom stereocenters. The van der Waals surface area contributed by atoms with E-state index in [0.29, 0.717) is 22.9 Å². The molecule has 3 rings (SSSR count). The molecule has 1 aliphatic rings. The molecular formula is C28H34Cl2N2O3. The van der Waals surface area contributed by atoms with E-state index in [-0.39, 0.29) is 24.2 Å². The van der Waals surface area contributed by atoms with E-state index in [2.05, 4.69) is 5.32 Å². The van der Waals surface area contributed by atoms with Gasteiger partial charge in [0.1, 0.15) is 12.3 Å². The molecule has 2 amide bonds. The van der Waals surface area contributed by atoms with Crippen molar-refractivity contribution in [3.63, 3.8) is 0 Å². The van der Waals surface area contributed by atoms with Gasteiger partial charge in [-0.25, -0.2) is 0 Å². The number of benzene rings is 2. The molecule has 1 N–H and O–H groups in total. The van der Waals surface area contributed by atoms with Crippen molar-refractivity contribution in [2.24, 2.45) is 5.41 Å². The number of rotatable bonds is 7. The molecule has 7 heteroatoms. The number of carbonyl (C=O) groups excluding carboxylic acids is 3. The molecule has 2 aromatic rings. The minimum absolute atomic E-state index is 0.0735. The molecule has 5 nitrogen and oxygen atoms in total. The van der Waals surface area contributed by atoms with Gasteiger partial charge >= 0.3 is 0 Å². The Kier molecular flexibility index (Phi) is 8.33. The summed E-state index contributed by atoms with van der Waals surface area (Å²) >= 11 is 12.6. The number of amides is 2. The van der Waals surface area contributed by atoms with Crippen LogP contribution in [0.1, 0.15) is 77.0 Å². The van der Waals surface area contributed by atoms with Gasteiger partial charge in [-0.2, -0.15) is 0 Å². The summed E-state index contributed by atoms with van der Waals surface area (Å²) in [5.74, 6) is -0.597. The average molecular weight is 517 g/mol. The standard InChI is InChI=1S/C28H34Cl2N2O3/c1-6-23(25(34)31-27(2,3)4)32-24(18-10-12-20(29)13-11-18)22(19-8-7-9-21(30)16-19)17-28(5,14-15-33)26(32)35/h7-13,15-16,22-24H,6,14,17H2,1-5H3,(H,31,34)/t22-,23?,24-,28+/m1/s1. The van der Waals surface area contributed by atoms with E-state index < -0.39 is 23.0 Å². The highest BCUT2D eigenvalue weighted by Crippen LogP contribution is 2.52. The van der Waals surface area contributed by atoms with Crippen molar-refractivity contribution >= 4 is 41.3 Å². The molecule has 4 atom stereocenters. The van der Waals surface area contributed by atoms with Crippen LogP contribution in [0.2, 0.25) is 10.0 Å². The Morgan fingerprint density at radius 1 is 1.14 bits per heavy atom. The number of nitrogens with zero attached hydrogens (tertiary/aromatic N) is 1. The number of hydrogen-bond donors (Lipinski definition) is 1. The number of piperidine rings is 1. The largest absolute Gasteiger partial charge is 0.350 e. The Hall–Kier alpha value is -2.37. The van der Waals surface area contributed by atoms with Gasteiger partial charge in [-0.3, -0.25) is 9.59 Å². The van der Waals surface area contributed by atoms with Gasteiger partial charge in [0.25, 0.3) is 0 Å². The lowest BCUT2D eigenvalue weighted by Gasteiger charge is -2.51. The third kappa shape index (κ3) is 6.07. The predicted octanol–water partition coefficient (Wildman–Crippen LogP) is 6.34. The van der Waals surface area contributed by atoms with Gasteiger partial charge in [0.2, 0.25) is 11.8 Å². The summed E-state index contributed by atoms with van der Waals surface area (Å²) in [4.78, 5) is 41.1. The SMILES string of the molecule is CCC(C(=O)NC(C)(C)C)N1C(=O)[C@@](C)(CC=O)C[C@H](c2cccc(Cl)c2)[C@H]1c1ccc(Cl)cc1. The number of halogens is 2. The first-order chi connectivity index (χ1) is 16.4. The normalized spacial score (nSPS) is 23.6. The smallest absolute Gasteiger partial charge is 0.243 e. The van der Waals surface area contributed by atoms with Crippen molar-refractivity contribution in [2.75, 3.05) is 0 Å². The van der Waals surface area contributed by atoms with Gasteiger partial charge < -0.3 is 15.0 Å². The lowest BCUT2D eigenvalue weighted by Crippen LogP contribution is -2.60. The molecule has 0 radical (unpaired) electrons. The number of hydrogen-bond acceptors (Lipinski definition) is 3. The number of likely N-dealkylation sites (tertiary alicyclic amines) is 1. The first-order valence-electron chi connectivity index (χ1n) is 12.0. The van der Waals surface area contributed by atoms with Crippen LogP contribution < -0.4 is 5.32 Å². The molecular weight excluding hydrogens is 483 g/mol. The highest BCUT2D eigenvalue weighted by atomic mass is 35.5. The van der Waals surface area contributed by atoms with Gasteiger partial charge in [-0.1, -0.05) is 61.3 Å². The molecule has 0 saturated carbocycles. The number of carbonyl (C=O) groups is 3. The summed E-state index contributed by atoms with van der Waals surface area (Å²) in [6.45, 7) is 9.46. The molecule has 2 aromatic carbocycles. The van der Waals surface area contributed by atoms with Crippen LogP contribution in [-0.2, 0) is 14.4 Å². The summed E-state index contributed by atoms with van der Waals surface area (Å²) < 4.78 is 0. The van der Waals surface area contributed by atoms with Crippen LogP contribution in [0.5, 0.6) is 0 Å². The van der Waals surface area contributed by atoms with E-state index >= 15 is 0 Å². The maximum absolute atomic E-state index is 14.1. The molecule has 1 fully saturated rings. The minimum atomic E-state index is -0.951. The van der Waals surface area contributed by atoms with Crippen molar-refractivity contribution in [1.29, 1.82) is 0 Å². The Bertz CT molecular complexity index is 1080. The summed E-state index contributed by atoms with van der Waals surface area (Å²) in [6, 6.07) is 13.8. The topological polar surface area (TPSA) is 66.5 Å². The van der Waals surface area contributed by atoms with E-state index in [1.54, 1.807) is 17.0 Å². The van der Waals surface area contributed by atoms with Crippen LogP contribution in [0.15, 0.2) is 48.5 Å². The molecule has 1 saturated heterocycles. The average Bonchev–Trinajstić information content (AvgIpc) is 2.77. The second-order valence-electron chi connectivity index (χ2n) is 10.7. The van der Waals surface area contributed by atoms with Gasteiger partial charge in [0, 0.05) is 27.9 Å². The molecule has 1 heterocycles. The highest BCUT2D eigenvalue weighted by molar-refractivity contribution is 6.30. The first kappa shape index (κ1) is 27.2. The van der Waals surface area contributed by atoms with E-state index in [1.807, 2.05) is 71.0 Å². The van der Waals surface area contributed by atoms with E-state index in [4.69, 9.17) is 23.2 Å². The quantitative estimate of drug-likeness (QED) is 0.436. The Balaban J connectivity index is 2.24. The van der Waals surface area contributed by atoms with Crippen LogP contribution in [-0.4, -0.2) is 34.6 Å². The zero-order chi connectivity index (χ0) is 26.0. The third-order valence-corrected chi connectivity index (χ3v) is 7.13. The molecule has 35 heavy (non-hydrogen) atoms. The molecule has 188 valence electrons. The van der Waals surface area contributed by atoms with E-state index in [9.17, 15) is 14.4 Å². The summed E-state index contributed by atoms with van der Waals surface area (Å²) in [5.41, 5.74) is 0.422. The van der Waals surface area contributed by atoms with Crippen LogP contribution in [0.25, 0.3) is 0 Å². The zero-order valence-electron chi connectivity index (χ0n) is 21.0. The number of aldehydes is 1. The van der Waals surface area contributed by atoms with Crippen LogP contribution in [0.3, 0.4) is 0 Å². The van der Waals surface area contributed by atoms with Crippen molar-refractivity contribution < 1.29 is 14.4 Å². The van der Waals surface area contributed by atoms with Crippen LogP contribution >= 0.6 is 23.2 Å². The van der Waals surface area contributed by atoms with Crippen molar-refractivity contribution in [3.8, 4) is 0 Å². The second kappa shape index (κ2) is 10.7. The highest BCUT2D eigenvalue weighted by Gasteiger charge is 2.52. The summed E-state index contributed by atoms with van der Waals surface area (Å²) in [5, 5.41) is 4.23. The maximum Gasteiger partial charge on any atom is 0.243 e. The fourth-order valence-corrected chi connectivity index (χ4v) is 5.38. The van der Waals surface area contributed by atoms with Crippen molar-refractivity contribution in [1.82, 2.24) is 10.2 Å². The summed E-state index contributed by atoms with van der Waals surface area (Å²) in [7, 11) is 0. The van der Waals surface area contributed by atoms with Gasteiger partial charge in [-0.15, -0.1) is 0 Å². The maximum atomic E-state index is 14.1. The van der Waals surface area contributed by atoms with Gasteiger partial charge in [0.15, 0.2) is 0 Å². The molecule has 0 spiro atoms. The fraction of sp³-hybridized carbons (Fsp3) is 0.464. The second-order valence-corrected chi connectivity index (χ2v) is 11.5. The van der Waals surface area contributed by atoms with Crippen LogP contribution in [0.4, 0.5) is 0 Å². The van der Waals surface area contributed by atoms with Crippen molar-refractivity contribution in [2.45, 2.75) is 77.4 Å². The van der Waals surface area contributed by atoms with E-state index in [0.717, 1.165) is 17.4 Å².